The molecule has 0 bridgehead atoms. The van der Waals surface area contributed by atoms with Crippen molar-refractivity contribution < 1.29 is 26.7 Å². The lowest BCUT2D eigenvalue weighted by Gasteiger charge is -2.30. The van der Waals surface area contributed by atoms with Gasteiger partial charge in [-0.15, -0.1) is 0 Å². The first kappa shape index (κ1) is 23.0. The molecule has 10 heteroatoms. The topological polar surface area (TPSA) is 75.7 Å². The zero-order valence-electron chi connectivity index (χ0n) is 15.7. The largest absolute Gasteiger partial charge is 0.434 e. The minimum absolute atomic E-state index is 0.00957. The van der Waals surface area contributed by atoms with Gasteiger partial charge in [-0.05, 0) is 37.5 Å². The van der Waals surface area contributed by atoms with Crippen molar-refractivity contribution >= 4 is 31.9 Å². The van der Waals surface area contributed by atoms with Gasteiger partial charge in [0.25, 0.3) is 0 Å². The van der Waals surface area contributed by atoms with Crippen molar-refractivity contribution in [2.75, 3.05) is 18.8 Å². The summed E-state index contributed by atoms with van der Waals surface area (Å²) in [5.41, 5.74) is 0.433. The summed E-state index contributed by atoms with van der Waals surface area (Å²) in [6.45, 7) is -0.318. The van der Waals surface area contributed by atoms with Crippen LogP contribution < -0.4 is 10.1 Å². The second-order valence-corrected chi connectivity index (χ2v) is 9.70. The van der Waals surface area contributed by atoms with Crippen LogP contribution in [-0.4, -0.2) is 44.1 Å². The van der Waals surface area contributed by atoms with Crippen molar-refractivity contribution in [1.29, 1.82) is 0 Å². The zero-order valence-corrected chi connectivity index (χ0v) is 18.1. The lowest BCUT2D eigenvalue weighted by Crippen LogP contribution is -2.43. The number of piperidine rings is 1. The van der Waals surface area contributed by atoms with Crippen LogP contribution in [0.4, 0.5) is 8.78 Å². The van der Waals surface area contributed by atoms with E-state index in [1.807, 2.05) is 6.92 Å². The Morgan fingerprint density at radius 3 is 2.64 bits per heavy atom. The van der Waals surface area contributed by atoms with Crippen LogP contribution in [0.25, 0.3) is 0 Å². The number of benzene rings is 1. The molecule has 1 aliphatic rings. The molecule has 1 aromatic rings. The number of carbonyl (C=O) groups excluding carboxylic acids is 1. The maximum atomic E-state index is 12.5. The first-order chi connectivity index (χ1) is 13.2. The van der Waals surface area contributed by atoms with E-state index in [-0.39, 0.29) is 29.9 Å². The molecule has 0 atom stereocenters. The molecule has 0 saturated carbocycles. The molecule has 28 heavy (non-hydrogen) atoms. The van der Waals surface area contributed by atoms with Gasteiger partial charge in [-0.25, -0.2) is 12.7 Å². The van der Waals surface area contributed by atoms with Crippen molar-refractivity contribution in [2.24, 2.45) is 5.92 Å². The normalized spacial score (nSPS) is 16.3. The molecule has 6 nitrogen and oxygen atoms in total. The van der Waals surface area contributed by atoms with E-state index in [0.717, 1.165) is 6.42 Å². The van der Waals surface area contributed by atoms with E-state index in [1.165, 1.54) is 10.4 Å². The molecule has 0 unspecified atom stereocenters. The van der Waals surface area contributed by atoms with Gasteiger partial charge < -0.3 is 10.1 Å². The van der Waals surface area contributed by atoms with Crippen molar-refractivity contribution in [3.05, 3.63) is 28.2 Å². The third-order valence-electron chi connectivity index (χ3n) is 4.67. The molecule has 0 aromatic heterocycles. The number of hydrogen-bond acceptors (Lipinski definition) is 4. The molecule has 0 spiro atoms. The second kappa shape index (κ2) is 10.5. The number of halogens is 3. The molecule has 158 valence electrons. The molecule has 2 rings (SSSR count). The molecule has 1 fully saturated rings. The Labute approximate surface area is 172 Å². The summed E-state index contributed by atoms with van der Waals surface area (Å²) in [5.74, 6) is -0.371. The molecule has 1 aliphatic heterocycles. The maximum absolute atomic E-state index is 12.5. The Bertz CT molecular complexity index is 769. The van der Waals surface area contributed by atoms with Crippen LogP contribution in [0.2, 0.25) is 0 Å². The summed E-state index contributed by atoms with van der Waals surface area (Å²) in [6, 6.07) is 4.61. The van der Waals surface area contributed by atoms with Gasteiger partial charge in [0.1, 0.15) is 5.75 Å². The highest BCUT2D eigenvalue weighted by Crippen LogP contribution is 2.25. The van der Waals surface area contributed by atoms with Gasteiger partial charge in [-0.3, -0.25) is 4.79 Å². The van der Waals surface area contributed by atoms with E-state index < -0.39 is 16.6 Å². The standard InChI is InChI=1S/C18H25BrF2N2O4S/c1-2-3-10-28(25,26)23-8-6-13(7-9-23)17(24)22-12-14-11-15(19)4-5-16(14)27-18(20)21/h4-5,11,13,18H,2-3,6-10,12H2,1H3,(H,22,24). The molecule has 1 heterocycles. The Morgan fingerprint density at radius 1 is 1.36 bits per heavy atom. The number of unbranched alkanes of at least 4 members (excludes halogenated alkanes) is 1. The van der Waals surface area contributed by atoms with Gasteiger partial charge in [0, 0.05) is 35.6 Å². The fraction of sp³-hybridized carbons (Fsp3) is 0.611. The maximum Gasteiger partial charge on any atom is 0.387 e. The predicted octanol–water partition coefficient (Wildman–Crippen LogP) is 3.51. The highest BCUT2D eigenvalue weighted by atomic mass is 79.9. The zero-order chi connectivity index (χ0) is 20.7. The van der Waals surface area contributed by atoms with Crippen LogP contribution >= 0.6 is 15.9 Å². The Hall–Kier alpha value is -1.26. The van der Waals surface area contributed by atoms with Gasteiger partial charge in [-0.2, -0.15) is 8.78 Å². The third-order valence-corrected chi connectivity index (χ3v) is 7.12. The average Bonchev–Trinajstić information content (AvgIpc) is 2.66. The second-order valence-electron chi connectivity index (χ2n) is 6.69. The Balaban J connectivity index is 1.89. The number of rotatable bonds is 9. The minimum atomic E-state index is -3.26. The van der Waals surface area contributed by atoms with Crippen molar-refractivity contribution in [3.8, 4) is 5.75 Å². The Kier molecular flexibility index (Phi) is 8.63. The molecule has 1 amide bonds. The van der Waals surface area contributed by atoms with E-state index in [1.54, 1.807) is 12.1 Å². The van der Waals surface area contributed by atoms with Crippen molar-refractivity contribution in [3.63, 3.8) is 0 Å². The number of alkyl halides is 2. The quantitative estimate of drug-likeness (QED) is 0.584. The van der Waals surface area contributed by atoms with Crippen LogP contribution in [0.15, 0.2) is 22.7 Å². The highest BCUT2D eigenvalue weighted by Gasteiger charge is 2.30. The number of hydrogen-bond donors (Lipinski definition) is 1. The number of nitrogens with one attached hydrogen (secondary N) is 1. The molecular formula is C18H25BrF2N2O4S. The monoisotopic (exact) mass is 482 g/mol. The molecule has 0 aliphatic carbocycles. The van der Waals surface area contributed by atoms with Crippen LogP contribution in [0.1, 0.15) is 38.2 Å². The van der Waals surface area contributed by atoms with Crippen molar-refractivity contribution in [1.82, 2.24) is 9.62 Å². The van der Waals surface area contributed by atoms with Crippen molar-refractivity contribution in [2.45, 2.75) is 45.8 Å². The van der Waals surface area contributed by atoms with Gasteiger partial charge in [-0.1, -0.05) is 29.3 Å². The molecule has 1 aromatic carbocycles. The smallest absolute Gasteiger partial charge is 0.387 e. The van der Waals surface area contributed by atoms with Gasteiger partial charge in [0.2, 0.25) is 15.9 Å². The SMILES string of the molecule is CCCCS(=O)(=O)N1CCC(C(=O)NCc2cc(Br)ccc2OC(F)F)CC1. The summed E-state index contributed by atoms with van der Waals surface area (Å²) in [6.07, 6.45) is 2.31. The lowest BCUT2D eigenvalue weighted by atomic mass is 9.97. The van der Waals surface area contributed by atoms with Gasteiger partial charge in [0.15, 0.2) is 0 Å². The minimum Gasteiger partial charge on any atom is -0.434 e. The van der Waals surface area contributed by atoms with Crippen LogP contribution in [0.3, 0.4) is 0 Å². The van der Waals surface area contributed by atoms with Gasteiger partial charge in [0.05, 0.1) is 5.75 Å². The van der Waals surface area contributed by atoms with Gasteiger partial charge >= 0.3 is 6.61 Å². The van der Waals surface area contributed by atoms with Crippen LogP contribution in [-0.2, 0) is 21.4 Å². The first-order valence-corrected chi connectivity index (χ1v) is 11.6. The third kappa shape index (κ3) is 6.66. The first-order valence-electron chi connectivity index (χ1n) is 9.21. The fourth-order valence-electron chi connectivity index (χ4n) is 3.08. The van der Waals surface area contributed by atoms with E-state index >= 15 is 0 Å². The number of nitrogens with zero attached hydrogens (tertiary/aromatic N) is 1. The number of amides is 1. The fourth-order valence-corrected chi connectivity index (χ4v) is 5.16. The summed E-state index contributed by atoms with van der Waals surface area (Å²) in [7, 11) is -3.26. The van der Waals surface area contributed by atoms with E-state index in [9.17, 15) is 22.0 Å². The molecule has 1 saturated heterocycles. The van der Waals surface area contributed by atoms with E-state index in [4.69, 9.17) is 0 Å². The number of sulfonamides is 1. The number of ether oxygens (including phenoxy) is 1. The van der Waals surface area contributed by atoms with E-state index in [2.05, 4.69) is 26.0 Å². The number of carbonyl (C=O) groups is 1. The van der Waals surface area contributed by atoms with Crippen LogP contribution in [0.5, 0.6) is 5.75 Å². The lowest BCUT2D eigenvalue weighted by molar-refractivity contribution is -0.126. The molecular weight excluding hydrogens is 458 g/mol. The highest BCUT2D eigenvalue weighted by molar-refractivity contribution is 9.10. The molecule has 1 N–H and O–H groups in total. The molecule has 0 radical (unpaired) electrons. The van der Waals surface area contributed by atoms with E-state index in [0.29, 0.717) is 42.4 Å². The van der Waals surface area contributed by atoms with Crippen LogP contribution in [0, 0.1) is 5.92 Å². The summed E-state index contributed by atoms with van der Waals surface area (Å²) in [4.78, 5) is 12.4. The predicted molar refractivity (Wildman–Crippen MR) is 106 cm³/mol. The summed E-state index contributed by atoms with van der Waals surface area (Å²) in [5, 5.41) is 2.74. The summed E-state index contributed by atoms with van der Waals surface area (Å²) >= 11 is 3.27. The summed E-state index contributed by atoms with van der Waals surface area (Å²) < 4.78 is 56.1. The Morgan fingerprint density at radius 2 is 2.04 bits per heavy atom. The average molecular weight is 483 g/mol.